The number of hydrogen-bond acceptors (Lipinski definition) is 1. The van der Waals surface area contributed by atoms with E-state index >= 15 is 0 Å². The molecule has 0 heterocycles. The number of ether oxygens (including phenoxy) is 1. The van der Waals surface area contributed by atoms with Gasteiger partial charge in [0, 0.05) is 0 Å². The highest BCUT2D eigenvalue weighted by molar-refractivity contribution is 5.29. The van der Waals surface area contributed by atoms with E-state index in [1.807, 2.05) is 6.92 Å². The van der Waals surface area contributed by atoms with E-state index in [9.17, 15) is 30.7 Å². The maximum Gasteiger partial charge on any atom is 0.422 e. The number of rotatable bonds is 6. The summed E-state index contributed by atoms with van der Waals surface area (Å²) in [6.45, 7) is 1.23. The minimum atomic E-state index is -5.18. The number of halogens is 7. The van der Waals surface area contributed by atoms with Gasteiger partial charge in [-0.3, -0.25) is 0 Å². The molecule has 0 spiro atoms. The molecule has 0 aliphatic rings. The van der Waals surface area contributed by atoms with Crippen molar-refractivity contribution in [2.45, 2.75) is 32.1 Å². The molecule has 2 aromatic carbocycles. The van der Waals surface area contributed by atoms with Crippen LogP contribution in [-0.4, -0.2) is 6.61 Å². The summed E-state index contributed by atoms with van der Waals surface area (Å²) >= 11 is 0. The van der Waals surface area contributed by atoms with Crippen LogP contribution in [0.5, 0.6) is 0 Å². The van der Waals surface area contributed by atoms with Crippen LogP contribution in [0.4, 0.5) is 30.7 Å². The van der Waals surface area contributed by atoms with E-state index in [0.29, 0.717) is 18.6 Å². The Bertz CT molecular complexity index is 728. The molecule has 0 N–H and O–H groups in total. The van der Waals surface area contributed by atoms with E-state index in [4.69, 9.17) is 0 Å². The van der Waals surface area contributed by atoms with Gasteiger partial charge in [-0.2, -0.15) is 22.0 Å². The predicted octanol–water partition coefficient (Wildman–Crippen LogP) is 5.85. The van der Waals surface area contributed by atoms with E-state index in [-0.39, 0.29) is 17.5 Å². The van der Waals surface area contributed by atoms with Crippen LogP contribution in [0.1, 0.15) is 29.2 Å². The summed E-state index contributed by atoms with van der Waals surface area (Å²) < 4.78 is 96.8. The fourth-order valence-electron chi connectivity index (χ4n) is 2.36. The van der Waals surface area contributed by atoms with Crippen LogP contribution in [0.25, 0.3) is 0 Å². The van der Waals surface area contributed by atoms with E-state index in [1.165, 1.54) is 24.3 Å². The first-order chi connectivity index (χ1) is 12.0. The molecule has 2 rings (SSSR count). The van der Waals surface area contributed by atoms with Crippen LogP contribution in [-0.2, 0) is 29.9 Å². The van der Waals surface area contributed by atoms with Crippen LogP contribution >= 0.6 is 0 Å². The molecule has 0 aromatic heterocycles. The van der Waals surface area contributed by atoms with Gasteiger partial charge in [0.2, 0.25) is 0 Å². The molecule has 142 valence electrons. The number of aryl methyl sites for hydroxylation is 1. The molecule has 1 nitrogen and oxygen atoms in total. The lowest BCUT2D eigenvalue weighted by molar-refractivity contribution is -0.248. The normalized spacial score (nSPS) is 12.5. The molecule has 26 heavy (non-hydrogen) atoms. The molecular weight excluding hydrogens is 365 g/mol. The maximum absolute atomic E-state index is 14.0. The van der Waals surface area contributed by atoms with Crippen LogP contribution in [0, 0.1) is 11.6 Å². The minimum Gasteiger partial charge on any atom is -0.316 e. The fraction of sp³-hybridized carbons (Fsp3) is 0.333. The van der Waals surface area contributed by atoms with Crippen molar-refractivity contribution in [2.24, 2.45) is 0 Å². The molecule has 0 amide bonds. The van der Waals surface area contributed by atoms with Gasteiger partial charge in [0.25, 0.3) is 0 Å². The number of alkyl halides is 5. The summed E-state index contributed by atoms with van der Waals surface area (Å²) in [6, 6.07) is 6.37. The summed E-state index contributed by atoms with van der Waals surface area (Å²) in [7, 11) is 0. The first kappa shape index (κ1) is 20.2. The van der Waals surface area contributed by atoms with Crippen molar-refractivity contribution in [3.05, 3.63) is 70.3 Å². The molecule has 0 unspecified atom stereocenters. The topological polar surface area (TPSA) is 9.23 Å². The Kier molecular flexibility index (Phi) is 5.95. The van der Waals surface area contributed by atoms with Gasteiger partial charge in [0.05, 0.1) is 12.2 Å². The fourth-order valence-corrected chi connectivity index (χ4v) is 2.36. The quantitative estimate of drug-likeness (QED) is 0.571. The Morgan fingerprint density at radius 1 is 0.846 bits per heavy atom. The summed E-state index contributed by atoms with van der Waals surface area (Å²) in [4.78, 5) is 0. The number of benzene rings is 2. The summed E-state index contributed by atoms with van der Waals surface area (Å²) in [5.74, 6) is -3.59. The Morgan fingerprint density at radius 2 is 1.38 bits per heavy atom. The first-order valence-electron chi connectivity index (χ1n) is 7.71. The van der Waals surface area contributed by atoms with Crippen molar-refractivity contribution >= 4 is 0 Å². The Morgan fingerprint density at radius 3 is 1.85 bits per heavy atom. The van der Waals surface area contributed by atoms with Gasteiger partial charge in [-0.15, -0.1) is 0 Å². The van der Waals surface area contributed by atoms with Gasteiger partial charge in [-0.05, 0) is 36.1 Å². The molecule has 0 atom stereocenters. The Hall–Kier alpha value is -2.09. The second kappa shape index (κ2) is 7.65. The summed E-state index contributed by atoms with van der Waals surface area (Å²) in [5, 5.41) is 0. The van der Waals surface area contributed by atoms with Crippen molar-refractivity contribution in [3.8, 4) is 0 Å². The van der Waals surface area contributed by atoms with Crippen LogP contribution in [0.15, 0.2) is 36.4 Å². The largest absolute Gasteiger partial charge is 0.422 e. The molecule has 0 fully saturated rings. The molecule has 0 aliphatic carbocycles. The van der Waals surface area contributed by atoms with E-state index in [1.54, 1.807) is 0 Å². The lowest BCUT2D eigenvalue weighted by Crippen LogP contribution is -2.20. The lowest BCUT2D eigenvalue weighted by Gasteiger charge is -2.18. The van der Waals surface area contributed by atoms with Crippen molar-refractivity contribution in [1.82, 2.24) is 0 Å². The number of hydrogen-bond donors (Lipinski definition) is 0. The van der Waals surface area contributed by atoms with Gasteiger partial charge in [0.1, 0.15) is 17.2 Å². The standard InChI is InChI=1S/C18H15F7O/c1-2-11-3-5-13(6-4-11)18(24,25)26-8-7-12-9-14(19)16(15(20)10-12)17(21,22)23/h3-6,9-10H,2,7-8H2,1H3. The van der Waals surface area contributed by atoms with Gasteiger partial charge in [-0.25, -0.2) is 8.78 Å². The average molecular weight is 380 g/mol. The highest BCUT2D eigenvalue weighted by Gasteiger charge is 2.38. The third-order valence-corrected chi connectivity index (χ3v) is 3.76. The average Bonchev–Trinajstić information content (AvgIpc) is 2.52. The minimum absolute atomic E-state index is 0.217. The second-order valence-electron chi connectivity index (χ2n) is 5.60. The smallest absolute Gasteiger partial charge is 0.316 e. The molecule has 0 aliphatic heterocycles. The van der Waals surface area contributed by atoms with Crippen molar-refractivity contribution in [3.63, 3.8) is 0 Å². The van der Waals surface area contributed by atoms with E-state index in [0.717, 1.165) is 5.56 Å². The van der Waals surface area contributed by atoms with Gasteiger partial charge >= 0.3 is 12.3 Å². The Balaban J connectivity index is 2.04. The molecule has 0 saturated heterocycles. The monoisotopic (exact) mass is 380 g/mol. The third-order valence-electron chi connectivity index (χ3n) is 3.76. The highest BCUT2D eigenvalue weighted by atomic mass is 19.4. The zero-order chi connectivity index (χ0) is 19.5. The molecular formula is C18H15F7O. The van der Waals surface area contributed by atoms with E-state index in [2.05, 4.69) is 4.74 Å². The van der Waals surface area contributed by atoms with Crippen LogP contribution in [0.3, 0.4) is 0 Å². The summed E-state index contributed by atoms with van der Waals surface area (Å²) in [6.07, 6.45) is -8.51. The Labute approximate surface area is 145 Å². The zero-order valence-corrected chi connectivity index (χ0v) is 13.6. The van der Waals surface area contributed by atoms with Gasteiger partial charge in [0.15, 0.2) is 0 Å². The highest BCUT2D eigenvalue weighted by Crippen LogP contribution is 2.34. The van der Waals surface area contributed by atoms with Crippen LogP contribution in [0.2, 0.25) is 0 Å². The lowest BCUT2D eigenvalue weighted by atomic mass is 10.1. The SMILES string of the molecule is CCc1ccc(C(F)(F)OCCc2cc(F)c(C(F)(F)F)c(F)c2)cc1. The summed E-state index contributed by atoms with van der Waals surface area (Å²) in [5.41, 5.74) is -1.76. The predicted molar refractivity (Wildman–Crippen MR) is 80.7 cm³/mol. The first-order valence-corrected chi connectivity index (χ1v) is 7.71. The zero-order valence-electron chi connectivity index (χ0n) is 13.6. The molecule has 8 heteroatoms. The van der Waals surface area contributed by atoms with Gasteiger partial charge < -0.3 is 4.74 Å². The molecule has 2 aromatic rings. The molecule has 0 bridgehead atoms. The van der Waals surface area contributed by atoms with Gasteiger partial charge in [-0.1, -0.05) is 31.2 Å². The molecule has 0 radical (unpaired) electrons. The van der Waals surface area contributed by atoms with E-state index < -0.39 is 36.1 Å². The van der Waals surface area contributed by atoms with Crippen LogP contribution < -0.4 is 0 Å². The molecule has 0 saturated carbocycles. The second-order valence-corrected chi connectivity index (χ2v) is 5.60. The third kappa shape index (κ3) is 4.75. The van der Waals surface area contributed by atoms with Crippen molar-refractivity contribution < 1.29 is 35.5 Å². The van der Waals surface area contributed by atoms with Crippen molar-refractivity contribution in [1.29, 1.82) is 0 Å². The van der Waals surface area contributed by atoms with Crippen molar-refractivity contribution in [2.75, 3.05) is 6.61 Å². The maximum atomic E-state index is 14.0.